The molecule has 0 radical (unpaired) electrons. The van der Waals surface area contributed by atoms with E-state index in [9.17, 15) is 9.59 Å². The Hall–Kier alpha value is -1.88. The minimum absolute atomic E-state index is 0.203. The van der Waals surface area contributed by atoms with Crippen LogP contribution in [0.4, 0.5) is 0 Å². The van der Waals surface area contributed by atoms with Crippen molar-refractivity contribution in [3.8, 4) is 0 Å². The topological polar surface area (TPSA) is 43.9 Å². The Balaban J connectivity index is 1.36. The van der Waals surface area contributed by atoms with Gasteiger partial charge in [-0.05, 0) is 44.8 Å². The second kappa shape index (κ2) is 9.17. The lowest BCUT2D eigenvalue weighted by Gasteiger charge is -2.35. The summed E-state index contributed by atoms with van der Waals surface area (Å²) in [7, 11) is 0. The average molecular weight is 357 g/mol. The molecule has 1 aromatic rings. The third-order valence-electron chi connectivity index (χ3n) is 5.57. The van der Waals surface area contributed by atoms with Crippen LogP contribution in [-0.4, -0.2) is 72.3 Å². The van der Waals surface area contributed by atoms with Gasteiger partial charge in [-0.3, -0.25) is 9.59 Å². The zero-order chi connectivity index (χ0) is 18.4. The van der Waals surface area contributed by atoms with Gasteiger partial charge in [0.2, 0.25) is 11.8 Å². The molecule has 142 valence electrons. The van der Waals surface area contributed by atoms with Gasteiger partial charge in [-0.2, -0.15) is 0 Å². The van der Waals surface area contributed by atoms with E-state index in [-0.39, 0.29) is 11.8 Å². The van der Waals surface area contributed by atoms with Crippen molar-refractivity contribution in [1.29, 1.82) is 0 Å². The van der Waals surface area contributed by atoms with Gasteiger partial charge in [-0.1, -0.05) is 29.8 Å². The van der Waals surface area contributed by atoms with E-state index < -0.39 is 0 Å². The Kier molecular flexibility index (Phi) is 6.67. The van der Waals surface area contributed by atoms with Crippen molar-refractivity contribution >= 4 is 11.8 Å². The molecule has 2 amide bonds. The van der Waals surface area contributed by atoms with Crippen molar-refractivity contribution in [2.45, 2.75) is 39.0 Å². The van der Waals surface area contributed by atoms with Crippen LogP contribution in [-0.2, 0) is 16.0 Å². The van der Waals surface area contributed by atoms with Crippen molar-refractivity contribution in [3.63, 3.8) is 0 Å². The number of benzene rings is 1. The molecule has 2 saturated heterocycles. The maximum atomic E-state index is 12.4. The Labute approximate surface area is 156 Å². The van der Waals surface area contributed by atoms with Gasteiger partial charge in [0.15, 0.2) is 0 Å². The van der Waals surface area contributed by atoms with Crippen LogP contribution < -0.4 is 0 Å². The number of rotatable bonds is 6. The molecule has 0 saturated carbocycles. The van der Waals surface area contributed by atoms with Gasteiger partial charge in [0.1, 0.15) is 0 Å². The monoisotopic (exact) mass is 357 g/mol. The third-order valence-corrected chi connectivity index (χ3v) is 5.57. The van der Waals surface area contributed by atoms with E-state index in [0.717, 1.165) is 26.1 Å². The van der Waals surface area contributed by atoms with E-state index in [1.165, 1.54) is 24.0 Å². The fourth-order valence-corrected chi connectivity index (χ4v) is 3.79. The molecule has 1 aromatic carbocycles. The van der Waals surface area contributed by atoms with Crippen LogP contribution in [0.3, 0.4) is 0 Å². The predicted molar refractivity (Wildman–Crippen MR) is 103 cm³/mol. The second-order valence-corrected chi connectivity index (χ2v) is 7.55. The van der Waals surface area contributed by atoms with Gasteiger partial charge < -0.3 is 14.7 Å². The van der Waals surface area contributed by atoms with Gasteiger partial charge >= 0.3 is 0 Å². The van der Waals surface area contributed by atoms with Gasteiger partial charge in [0.05, 0.1) is 0 Å². The fourth-order valence-electron chi connectivity index (χ4n) is 3.79. The molecule has 0 N–H and O–H groups in total. The van der Waals surface area contributed by atoms with Gasteiger partial charge in [-0.25, -0.2) is 0 Å². The summed E-state index contributed by atoms with van der Waals surface area (Å²) < 4.78 is 0. The molecule has 5 heteroatoms. The van der Waals surface area contributed by atoms with E-state index >= 15 is 0 Å². The van der Waals surface area contributed by atoms with Gasteiger partial charge in [0, 0.05) is 45.6 Å². The van der Waals surface area contributed by atoms with Crippen molar-refractivity contribution in [3.05, 3.63) is 35.4 Å². The first-order valence-corrected chi connectivity index (χ1v) is 9.95. The number of amides is 2. The van der Waals surface area contributed by atoms with Crippen molar-refractivity contribution in [2.75, 3.05) is 45.8 Å². The highest BCUT2D eigenvalue weighted by Crippen LogP contribution is 2.11. The van der Waals surface area contributed by atoms with Crippen LogP contribution in [0, 0.1) is 6.92 Å². The smallest absolute Gasteiger partial charge is 0.223 e. The molecule has 5 nitrogen and oxygen atoms in total. The minimum Gasteiger partial charge on any atom is -0.339 e. The molecule has 0 bridgehead atoms. The molecule has 26 heavy (non-hydrogen) atoms. The standard InChI is InChI=1S/C21H31N3O2/c1-18-4-6-19(7-5-18)8-9-20(25)23-14-16-24(17-15-23)21(26)10-13-22-11-2-3-12-22/h4-7H,2-3,8-17H2,1H3. The number of nitrogens with zero attached hydrogens (tertiary/aromatic N) is 3. The quantitative estimate of drug-likeness (QED) is 0.783. The molecular formula is C21H31N3O2. The summed E-state index contributed by atoms with van der Waals surface area (Å²) in [5, 5.41) is 0. The summed E-state index contributed by atoms with van der Waals surface area (Å²) in [6.45, 7) is 7.91. The third kappa shape index (κ3) is 5.31. The summed E-state index contributed by atoms with van der Waals surface area (Å²) in [5.41, 5.74) is 2.45. The van der Waals surface area contributed by atoms with Crippen LogP contribution in [0.15, 0.2) is 24.3 Å². The molecule has 2 heterocycles. The normalized spacial score (nSPS) is 18.3. The Morgan fingerprint density at radius 1 is 0.808 bits per heavy atom. The van der Waals surface area contributed by atoms with Crippen LogP contribution >= 0.6 is 0 Å². The van der Waals surface area contributed by atoms with E-state index in [1.54, 1.807) is 0 Å². The molecule has 0 unspecified atom stereocenters. The lowest BCUT2D eigenvalue weighted by Crippen LogP contribution is -2.51. The average Bonchev–Trinajstić information content (AvgIpc) is 3.19. The maximum Gasteiger partial charge on any atom is 0.223 e. The zero-order valence-electron chi connectivity index (χ0n) is 16.0. The maximum absolute atomic E-state index is 12.4. The van der Waals surface area contributed by atoms with Gasteiger partial charge in [0.25, 0.3) is 0 Å². The first kappa shape index (κ1) is 18.9. The Morgan fingerprint density at radius 2 is 1.35 bits per heavy atom. The van der Waals surface area contributed by atoms with Crippen molar-refractivity contribution < 1.29 is 9.59 Å². The largest absolute Gasteiger partial charge is 0.339 e. The number of likely N-dealkylation sites (tertiary alicyclic amines) is 1. The van der Waals surface area contributed by atoms with E-state index in [1.807, 2.05) is 9.80 Å². The van der Waals surface area contributed by atoms with Crippen LogP contribution in [0.5, 0.6) is 0 Å². The first-order chi connectivity index (χ1) is 12.6. The highest BCUT2D eigenvalue weighted by molar-refractivity contribution is 5.78. The highest BCUT2D eigenvalue weighted by Gasteiger charge is 2.24. The second-order valence-electron chi connectivity index (χ2n) is 7.55. The molecule has 0 atom stereocenters. The molecule has 0 aliphatic carbocycles. The molecule has 2 aliphatic rings. The number of hydrogen-bond donors (Lipinski definition) is 0. The summed E-state index contributed by atoms with van der Waals surface area (Å²) in [5.74, 6) is 0.443. The minimum atomic E-state index is 0.203. The first-order valence-electron chi connectivity index (χ1n) is 9.95. The summed E-state index contributed by atoms with van der Waals surface area (Å²) in [4.78, 5) is 31.0. The van der Waals surface area contributed by atoms with Crippen LogP contribution in [0.25, 0.3) is 0 Å². The number of aryl methyl sites for hydroxylation is 2. The Bertz CT molecular complexity index is 600. The number of hydrogen-bond acceptors (Lipinski definition) is 3. The van der Waals surface area contributed by atoms with Crippen LogP contribution in [0.1, 0.15) is 36.8 Å². The lowest BCUT2D eigenvalue weighted by atomic mass is 10.1. The van der Waals surface area contributed by atoms with E-state index in [2.05, 4.69) is 36.1 Å². The molecule has 0 spiro atoms. The SMILES string of the molecule is Cc1ccc(CCC(=O)N2CCN(C(=O)CCN3CCCC3)CC2)cc1. The number of piperazine rings is 1. The van der Waals surface area contributed by atoms with Crippen molar-refractivity contribution in [2.24, 2.45) is 0 Å². The molecule has 0 aromatic heterocycles. The predicted octanol–water partition coefficient (Wildman–Crippen LogP) is 2.08. The Morgan fingerprint density at radius 3 is 1.92 bits per heavy atom. The molecular weight excluding hydrogens is 326 g/mol. The fraction of sp³-hybridized carbons (Fsp3) is 0.619. The number of carbonyl (C=O) groups is 2. The van der Waals surface area contributed by atoms with E-state index in [4.69, 9.17) is 0 Å². The van der Waals surface area contributed by atoms with Gasteiger partial charge in [-0.15, -0.1) is 0 Å². The summed E-state index contributed by atoms with van der Waals surface area (Å²) in [6, 6.07) is 8.37. The lowest BCUT2D eigenvalue weighted by molar-refractivity contribution is -0.139. The zero-order valence-corrected chi connectivity index (χ0v) is 16.0. The molecule has 3 rings (SSSR count). The van der Waals surface area contributed by atoms with Crippen molar-refractivity contribution in [1.82, 2.24) is 14.7 Å². The molecule has 2 aliphatic heterocycles. The van der Waals surface area contributed by atoms with Crippen LogP contribution in [0.2, 0.25) is 0 Å². The molecule has 2 fully saturated rings. The summed E-state index contributed by atoms with van der Waals surface area (Å²) >= 11 is 0. The number of carbonyl (C=O) groups excluding carboxylic acids is 2. The van der Waals surface area contributed by atoms with E-state index in [0.29, 0.717) is 39.0 Å². The summed E-state index contributed by atoms with van der Waals surface area (Å²) in [6.07, 6.45) is 4.47. The highest BCUT2D eigenvalue weighted by atomic mass is 16.2.